The smallest absolute Gasteiger partial charge is 0.387 e. The van der Waals surface area contributed by atoms with Crippen LogP contribution in [0, 0.1) is 5.92 Å². The third-order valence-corrected chi connectivity index (χ3v) is 7.04. The van der Waals surface area contributed by atoms with E-state index >= 15 is 0 Å². The van der Waals surface area contributed by atoms with Crippen molar-refractivity contribution in [3.63, 3.8) is 0 Å². The number of allylic oxidation sites excluding steroid dienone is 4. The van der Waals surface area contributed by atoms with E-state index in [1.807, 2.05) is 18.2 Å². The van der Waals surface area contributed by atoms with Gasteiger partial charge in [-0.1, -0.05) is 41.4 Å². The lowest BCUT2D eigenvalue weighted by Crippen LogP contribution is -2.26. The van der Waals surface area contributed by atoms with E-state index in [0.29, 0.717) is 23.8 Å². The number of carbonyl (C=O) groups excluding carboxylic acids is 1. The number of ether oxygens (including phenoxy) is 5. The largest absolute Gasteiger partial charge is 0.489 e. The molecule has 1 aromatic carbocycles. The molecule has 0 spiro atoms. The van der Waals surface area contributed by atoms with Crippen LogP contribution in [0.4, 0.5) is 8.78 Å². The first kappa shape index (κ1) is 28.0. The van der Waals surface area contributed by atoms with Gasteiger partial charge in [-0.15, -0.1) is 0 Å². The van der Waals surface area contributed by atoms with Gasteiger partial charge in [-0.05, 0) is 60.9 Å². The number of halogens is 4. The zero-order chi connectivity index (χ0) is 28.1. The predicted octanol–water partition coefficient (Wildman–Crippen LogP) is 7.55. The van der Waals surface area contributed by atoms with E-state index in [1.165, 1.54) is 43.1 Å². The minimum absolute atomic E-state index is 0.0254. The first-order chi connectivity index (χ1) is 19.4. The Bertz CT molecular complexity index is 1370. The summed E-state index contributed by atoms with van der Waals surface area (Å²) in [4.78, 5) is 17.3. The highest BCUT2D eigenvalue weighted by atomic mass is 35.5. The predicted molar refractivity (Wildman–Crippen MR) is 143 cm³/mol. The minimum atomic E-state index is -3.05. The van der Waals surface area contributed by atoms with Crippen molar-refractivity contribution >= 4 is 29.2 Å². The Morgan fingerprint density at radius 1 is 1.12 bits per heavy atom. The Morgan fingerprint density at radius 3 is 2.62 bits per heavy atom. The fraction of sp³-hybridized carbons (Fsp3) is 0.310. The summed E-state index contributed by atoms with van der Waals surface area (Å²) in [6.07, 6.45) is 14.2. The van der Waals surface area contributed by atoms with Gasteiger partial charge in [0.1, 0.15) is 12.5 Å². The van der Waals surface area contributed by atoms with Crippen molar-refractivity contribution in [1.82, 2.24) is 4.98 Å². The molecule has 1 atom stereocenters. The lowest BCUT2D eigenvalue weighted by atomic mass is 10.0. The molecule has 1 aliphatic heterocycles. The zero-order valence-electron chi connectivity index (χ0n) is 21.2. The topological polar surface area (TPSA) is 76.1 Å². The summed E-state index contributed by atoms with van der Waals surface area (Å²) in [5, 5.41) is 0.567. The second-order valence-electron chi connectivity index (χ2n) is 9.37. The maximum atomic E-state index is 13.4. The maximum Gasteiger partial charge on any atom is 0.387 e. The van der Waals surface area contributed by atoms with E-state index in [1.54, 1.807) is 0 Å². The molecule has 7 nitrogen and oxygen atoms in total. The van der Waals surface area contributed by atoms with Crippen LogP contribution in [-0.2, 0) is 20.6 Å². The number of benzene rings is 1. The third-order valence-electron chi connectivity index (χ3n) is 6.39. The molecule has 2 heterocycles. The van der Waals surface area contributed by atoms with Crippen LogP contribution < -0.4 is 9.47 Å². The molecule has 1 unspecified atom stereocenters. The van der Waals surface area contributed by atoms with Gasteiger partial charge in [0, 0.05) is 18.8 Å². The van der Waals surface area contributed by atoms with Gasteiger partial charge < -0.3 is 23.7 Å². The highest BCUT2D eigenvalue weighted by molar-refractivity contribution is 6.35. The third kappa shape index (κ3) is 7.14. The van der Waals surface area contributed by atoms with Crippen LogP contribution in [-0.4, -0.2) is 30.3 Å². The average Bonchev–Trinajstić information content (AvgIpc) is 3.79. The summed E-state index contributed by atoms with van der Waals surface area (Å²) in [5.41, 5.74) is 1.48. The summed E-state index contributed by atoms with van der Waals surface area (Å²) >= 11 is 12.7. The average molecular weight is 592 g/mol. The van der Waals surface area contributed by atoms with Gasteiger partial charge >= 0.3 is 12.6 Å². The highest BCUT2D eigenvalue weighted by Gasteiger charge is 2.29. The number of carbonyl (C=O) groups is 1. The Morgan fingerprint density at radius 2 is 1.93 bits per heavy atom. The first-order valence-electron chi connectivity index (χ1n) is 12.7. The van der Waals surface area contributed by atoms with Crippen molar-refractivity contribution in [2.24, 2.45) is 5.92 Å². The van der Waals surface area contributed by atoms with Gasteiger partial charge in [-0.25, -0.2) is 4.79 Å². The van der Waals surface area contributed by atoms with Gasteiger partial charge in [0.15, 0.2) is 29.1 Å². The molecule has 0 amide bonds. The van der Waals surface area contributed by atoms with E-state index in [4.69, 9.17) is 42.1 Å². The number of hydrogen-bond donors (Lipinski definition) is 0. The standard InChI is InChI=1S/C29H25Cl2F2NO6/c30-21-12-34-13-22(31)20(21)11-25(27-16-36-15-26(38-27)18-4-2-1-3-5-18)39-28(35)19-8-9-23(40-29(32)33)24(10-19)37-14-17-6-7-17/h1-2,4,8-10,12-13,15-17,25,29H,3,5-7,11,14H2. The van der Waals surface area contributed by atoms with Crippen molar-refractivity contribution in [3.05, 3.63) is 99.6 Å². The summed E-state index contributed by atoms with van der Waals surface area (Å²) in [6, 6.07) is 3.90. The van der Waals surface area contributed by atoms with Gasteiger partial charge in [-0.3, -0.25) is 4.98 Å². The summed E-state index contributed by atoms with van der Waals surface area (Å²) < 4.78 is 53.7. The fourth-order valence-corrected chi connectivity index (χ4v) is 4.60. The number of aromatic nitrogens is 1. The van der Waals surface area contributed by atoms with Gasteiger partial charge in [0.25, 0.3) is 0 Å². The van der Waals surface area contributed by atoms with E-state index in [2.05, 4.69) is 9.72 Å². The van der Waals surface area contributed by atoms with E-state index in [-0.39, 0.29) is 39.3 Å². The molecule has 2 aromatic rings. The summed E-state index contributed by atoms with van der Waals surface area (Å²) in [5.74, 6) is 0.147. The van der Waals surface area contributed by atoms with Crippen LogP contribution >= 0.6 is 23.2 Å². The molecular weight excluding hydrogens is 567 g/mol. The Hall–Kier alpha value is -3.56. The Labute approximate surface area is 239 Å². The van der Waals surface area contributed by atoms with Crippen molar-refractivity contribution < 1.29 is 37.3 Å². The quantitative estimate of drug-likeness (QED) is 0.250. The Balaban J connectivity index is 1.40. The molecule has 0 N–H and O–H groups in total. The van der Waals surface area contributed by atoms with Gasteiger partial charge in [-0.2, -0.15) is 8.78 Å². The molecule has 0 saturated heterocycles. The SMILES string of the molecule is O=C(OC(Cc1c(Cl)cncc1Cl)C1=COC=C(C2=CC=CCC2)O1)c1ccc(OC(F)F)c(OCC2CC2)c1. The van der Waals surface area contributed by atoms with Crippen molar-refractivity contribution in [2.45, 2.75) is 44.8 Å². The zero-order valence-corrected chi connectivity index (χ0v) is 22.7. The number of pyridine rings is 1. The first-order valence-corrected chi connectivity index (χ1v) is 13.4. The summed E-state index contributed by atoms with van der Waals surface area (Å²) in [6.45, 7) is -2.72. The second kappa shape index (κ2) is 12.7. The van der Waals surface area contributed by atoms with Crippen LogP contribution in [0.25, 0.3) is 0 Å². The van der Waals surface area contributed by atoms with Crippen molar-refractivity contribution in [2.75, 3.05) is 6.61 Å². The molecule has 1 aromatic heterocycles. The molecule has 3 aliphatic rings. The maximum absolute atomic E-state index is 13.4. The minimum Gasteiger partial charge on any atom is -0.489 e. The number of rotatable bonds is 11. The molecule has 0 bridgehead atoms. The molecule has 2 aliphatic carbocycles. The lowest BCUT2D eigenvalue weighted by Gasteiger charge is -2.26. The summed E-state index contributed by atoms with van der Waals surface area (Å²) in [7, 11) is 0. The van der Waals surface area contributed by atoms with Crippen LogP contribution in [0.15, 0.2) is 78.4 Å². The van der Waals surface area contributed by atoms with Gasteiger partial charge in [0.05, 0.1) is 22.2 Å². The van der Waals surface area contributed by atoms with Crippen molar-refractivity contribution in [1.29, 1.82) is 0 Å². The number of alkyl halides is 2. The van der Waals surface area contributed by atoms with E-state index in [9.17, 15) is 13.6 Å². The normalized spacial score (nSPS) is 17.2. The molecule has 210 valence electrons. The monoisotopic (exact) mass is 591 g/mol. The second-order valence-corrected chi connectivity index (χ2v) is 10.2. The van der Waals surface area contributed by atoms with Crippen LogP contribution in [0.1, 0.15) is 41.6 Å². The van der Waals surface area contributed by atoms with Gasteiger partial charge in [0.2, 0.25) is 0 Å². The molecule has 40 heavy (non-hydrogen) atoms. The molecule has 11 heteroatoms. The molecule has 0 radical (unpaired) electrons. The fourth-order valence-electron chi connectivity index (χ4n) is 4.08. The van der Waals surface area contributed by atoms with Crippen LogP contribution in [0.5, 0.6) is 11.5 Å². The molecule has 5 rings (SSSR count). The van der Waals surface area contributed by atoms with E-state index in [0.717, 1.165) is 31.3 Å². The highest BCUT2D eigenvalue weighted by Crippen LogP contribution is 2.36. The number of nitrogens with zero attached hydrogens (tertiary/aromatic N) is 1. The number of esters is 1. The molecule has 1 fully saturated rings. The number of hydrogen-bond acceptors (Lipinski definition) is 7. The van der Waals surface area contributed by atoms with E-state index < -0.39 is 18.7 Å². The van der Waals surface area contributed by atoms with Crippen molar-refractivity contribution in [3.8, 4) is 11.5 Å². The lowest BCUT2D eigenvalue weighted by molar-refractivity contribution is -0.0515. The van der Waals surface area contributed by atoms with Crippen LogP contribution in [0.2, 0.25) is 10.0 Å². The Kier molecular flexibility index (Phi) is 8.91. The van der Waals surface area contributed by atoms with Crippen LogP contribution in [0.3, 0.4) is 0 Å². The molecule has 1 saturated carbocycles. The molecular formula is C29H25Cl2F2NO6.